The van der Waals surface area contributed by atoms with Crippen LogP contribution in [0, 0.1) is 6.92 Å². The average molecular weight is 333 g/mol. The molecule has 0 radical (unpaired) electrons. The molecule has 1 aliphatic carbocycles. The van der Waals surface area contributed by atoms with Crippen LogP contribution in [0.5, 0.6) is 0 Å². The molecule has 5 nitrogen and oxygen atoms in total. The number of hydrogen-bond acceptors (Lipinski definition) is 4. The van der Waals surface area contributed by atoms with E-state index in [1.54, 1.807) is 0 Å². The second-order valence-corrected chi connectivity index (χ2v) is 6.65. The fourth-order valence-electron chi connectivity index (χ4n) is 3.55. The second kappa shape index (κ2) is 6.67. The Morgan fingerprint density at radius 2 is 1.88 bits per heavy atom. The minimum atomic E-state index is 0.709. The molecule has 0 saturated heterocycles. The van der Waals surface area contributed by atoms with Gasteiger partial charge in [-0.15, -0.1) is 0 Å². The summed E-state index contributed by atoms with van der Waals surface area (Å²) in [6, 6.07) is 10.3. The van der Waals surface area contributed by atoms with Crippen molar-refractivity contribution in [1.29, 1.82) is 0 Å². The Morgan fingerprint density at radius 1 is 1.08 bits per heavy atom. The summed E-state index contributed by atoms with van der Waals surface area (Å²) in [6.07, 6.45) is 6.65. The molecule has 4 rings (SSSR count). The van der Waals surface area contributed by atoms with Gasteiger partial charge in [0.05, 0.1) is 5.69 Å². The van der Waals surface area contributed by atoms with E-state index < -0.39 is 0 Å². The largest absolute Gasteiger partial charge is 0.366 e. The Kier molecular flexibility index (Phi) is 4.22. The van der Waals surface area contributed by atoms with Gasteiger partial charge in [0, 0.05) is 42.2 Å². The highest BCUT2D eigenvalue weighted by Crippen LogP contribution is 2.27. The lowest BCUT2D eigenvalue weighted by molar-refractivity contribution is 0.659. The number of hydrogen-bond donors (Lipinski definition) is 1. The predicted octanol–water partition coefficient (Wildman–Crippen LogP) is 3.68. The standard InChI is InChI=1S/C20H23N5/c1-14-22-18-11-7-6-10-17(18)20(23-14)21-12-16-13-25(2)24-19(16)15-8-4-3-5-9-15/h3-5,8-9,13H,6-7,10-12H2,1-2H3,(H,21,22,23). The zero-order chi connectivity index (χ0) is 17.2. The summed E-state index contributed by atoms with van der Waals surface area (Å²) in [7, 11) is 1.96. The number of rotatable bonds is 4. The molecule has 5 heteroatoms. The minimum absolute atomic E-state index is 0.709. The highest BCUT2D eigenvalue weighted by Gasteiger charge is 2.17. The molecule has 25 heavy (non-hydrogen) atoms. The molecular formula is C20H23N5. The number of nitrogens with one attached hydrogen (secondary N) is 1. The minimum Gasteiger partial charge on any atom is -0.366 e. The van der Waals surface area contributed by atoms with Gasteiger partial charge in [0.2, 0.25) is 0 Å². The molecule has 0 saturated carbocycles. The Hall–Kier alpha value is -2.69. The third-order valence-electron chi connectivity index (χ3n) is 4.69. The van der Waals surface area contributed by atoms with Crippen LogP contribution in [0.1, 0.15) is 35.5 Å². The van der Waals surface area contributed by atoms with Crippen molar-refractivity contribution in [2.45, 2.75) is 39.2 Å². The van der Waals surface area contributed by atoms with Crippen molar-refractivity contribution in [3.05, 3.63) is 59.2 Å². The van der Waals surface area contributed by atoms with Crippen LogP contribution in [0.15, 0.2) is 36.5 Å². The van der Waals surface area contributed by atoms with Crippen molar-refractivity contribution in [3.8, 4) is 11.3 Å². The molecule has 0 fully saturated rings. The normalized spacial score (nSPS) is 13.5. The van der Waals surface area contributed by atoms with Gasteiger partial charge in [-0.05, 0) is 32.6 Å². The van der Waals surface area contributed by atoms with Gasteiger partial charge in [0.1, 0.15) is 11.6 Å². The van der Waals surface area contributed by atoms with Gasteiger partial charge in [-0.2, -0.15) is 5.10 Å². The van der Waals surface area contributed by atoms with Gasteiger partial charge < -0.3 is 5.32 Å². The average Bonchev–Trinajstić information content (AvgIpc) is 3.01. The van der Waals surface area contributed by atoms with E-state index in [2.05, 4.69) is 38.7 Å². The number of anilines is 1. The van der Waals surface area contributed by atoms with Crippen LogP contribution in [0.25, 0.3) is 11.3 Å². The van der Waals surface area contributed by atoms with Crippen molar-refractivity contribution in [2.75, 3.05) is 5.32 Å². The maximum atomic E-state index is 4.66. The number of nitrogens with zero attached hydrogens (tertiary/aromatic N) is 4. The van der Waals surface area contributed by atoms with Gasteiger partial charge in [-0.1, -0.05) is 30.3 Å². The fourth-order valence-corrected chi connectivity index (χ4v) is 3.55. The van der Waals surface area contributed by atoms with Gasteiger partial charge in [-0.3, -0.25) is 4.68 Å². The summed E-state index contributed by atoms with van der Waals surface area (Å²) >= 11 is 0. The Balaban J connectivity index is 1.62. The molecule has 1 aromatic carbocycles. The first-order valence-corrected chi connectivity index (χ1v) is 8.89. The van der Waals surface area contributed by atoms with Crippen LogP contribution in [0.2, 0.25) is 0 Å². The van der Waals surface area contributed by atoms with Gasteiger partial charge in [0.15, 0.2) is 0 Å². The molecular weight excluding hydrogens is 310 g/mol. The highest BCUT2D eigenvalue weighted by atomic mass is 15.3. The van der Waals surface area contributed by atoms with E-state index in [0.717, 1.165) is 35.7 Å². The van der Waals surface area contributed by atoms with Crippen LogP contribution in [0.3, 0.4) is 0 Å². The monoisotopic (exact) mass is 333 g/mol. The fraction of sp³-hybridized carbons (Fsp3) is 0.350. The lowest BCUT2D eigenvalue weighted by Gasteiger charge is -2.19. The SMILES string of the molecule is Cc1nc2c(c(NCc3cn(C)nc3-c3ccccc3)n1)CCCC2. The van der Waals surface area contributed by atoms with Crippen molar-refractivity contribution < 1.29 is 0 Å². The second-order valence-electron chi connectivity index (χ2n) is 6.65. The molecule has 0 spiro atoms. The van der Waals surface area contributed by atoms with Crippen molar-refractivity contribution >= 4 is 5.82 Å². The van der Waals surface area contributed by atoms with Crippen LogP contribution in [-0.4, -0.2) is 19.7 Å². The zero-order valence-electron chi connectivity index (χ0n) is 14.8. The van der Waals surface area contributed by atoms with Crippen molar-refractivity contribution in [3.63, 3.8) is 0 Å². The molecule has 0 aliphatic heterocycles. The maximum Gasteiger partial charge on any atom is 0.133 e. The predicted molar refractivity (Wildman–Crippen MR) is 99.4 cm³/mol. The Bertz CT molecular complexity index is 883. The first-order chi connectivity index (χ1) is 12.2. The number of aryl methyl sites for hydroxylation is 3. The lowest BCUT2D eigenvalue weighted by Crippen LogP contribution is -2.13. The van der Waals surface area contributed by atoms with Crippen LogP contribution >= 0.6 is 0 Å². The summed E-state index contributed by atoms with van der Waals surface area (Å²) in [4.78, 5) is 9.29. The number of benzene rings is 1. The molecule has 128 valence electrons. The zero-order valence-corrected chi connectivity index (χ0v) is 14.8. The summed E-state index contributed by atoms with van der Waals surface area (Å²) in [6.45, 7) is 2.68. The number of aromatic nitrogens is 4. The molecule has 0 atom stereocenters. The van der Waals surface area contributed by atoms with E-state index in [4.69, 9.17) is 0 Å². The van der Waals surface area contributed by atoms with Crippen LogP contribution in [0.4, 0.5) is 5.82 Å². The van der Waals surface area contributed by atoms with E-state index >= 15 is 0 Å². The van der Waals surface area contributed by atoms with Crippen molar-refractivity contribution in [1.82, 2.24) is 19.7 Å². The van der Waals surface area contributed by atoms with Crippen LogP contribution < -0.4 is 5.32 Å². The summed E-state index contributed by atoms with van der Waals surface area (Å²) in [5, 5.41) is 8.19. The summed E-state index contributed by atoms with van der Waals surface area (Å²) in [5.41, 5.74) is 5.85. The van der Waals surface area contributed by atoms with E-state index in [0.29, 0.717) is 6.54 Å². The molecule has 3 aromatic rings. The Morgan fingerprint density at radius 3 is 2.72 bits per heavy atom. The first-order valence-electron chi connectivity index (χ1n) is 8.89. The maximum absolute atomic E-state index is 4.66. The van der Waals surface area contributed by atoms with E-state index in [1.807, 2.05) is 36.9 Å². The smallest absolute Gasteiger partial charge is 0.133 e. The molecule has 0 unspecified atom stereocenters. The lowest BCUT2D eigenvalue weighted by atomic mass is 9.96. The molecule has 2 aromatic heterocycles. The topological polar surface area (TPSA) is 55.6 Å². The molecule has 0 bridgehead atoms. The highest BCUT2D eigenvalue weighted by molar-refractivity contribution is 5.63. The van der Waals surface area contributed by atoms with Gasteiger partial charge in [-0.25, -0.2) is 9.97 Å². The first kappa shape index (κ1) is 15.8. The number of fused-ring (bicyclic) bond motifs is 1. The Labute approximate surface area is 148 Å². The van der Waals surface area contributed by atoms with Gasteiger partial charge in [0.25, 0.3) is 0 Å². The van der Waals surface area contributed by atoms with Crippen molar-refractivity contribution in [2.24, 2.45) is 7.05 Å². The van der Waals surface area contributed by atoms with Crippen LogP contribution in [-0.2, 0) is 26.4 Å². The molecule has 1 aliphatic rings. The van der Waals surface area contributed by atoms with E-state index in [1.165, 1.54) is 29.7 Å². The molecule has 0 amide bonds. The third kappa shape index (κ3) is 3.27. The van der Waals surface area contributed by atoms with E-state index in [9.17, 15) is 0 Å². The summed E-state index contributed by atoms with van der Waals surface area (Å²) < 4.78 is 1.88. The quantitative estimate of drug-likeness (QED) is 0.791. The summed E-state index contributed by atoms with van der Waals surface area (Å²) in [5.74, 6) is 1.84. The van der Waals surface area contributed by atoms with Gasteiger partial charge >= 0.3 is 0 Å². The molecule has 2 heterocycles. The third-order valence-corrected chi connectivity index (χ3v) is 4.69. The van der Waals surface area contributed by atoms with E-state index in [-0.39, 0.29) is 0 Å². The molecule has 1 N–H and O–H groups in total.